The lowest BCUT2D eigenvalue weighted by Crippen LogP contribution is -2.26. The molecular formula is C25H27NO. The largest absolute Gasteiger partial charge is 0.356 e. The van der Waals surface area contributed by atoms with Crippen LogP contribution >= 0.6 is 0 Å². The Kier molecular flexibility index (Phi) is 6.81. The predicted octanol–water partition coefficient (Wildman–Crippen LogP) is 5.52. The summed E-state index contributed by atoms with van der Waals surface area (Å²) in [5.74, 6) is 0.635. The molecule has 0 saturated heterocycles. The molecule has 0 radical (unpaired) electrons. The SMILES string of the molecule is C[C@H](CC(=O)NCCC(c1ccccc1)c1ccccc1)c1ccccc1. The molecule has 0 aliphatic heterocycles. The summed E-state index contributed by atoms with van der Waals surface area (Å²) >= 11 is 0. The average molecular weight is 357 g/mol. The van der Waals surface area contributed by atoms with Gasteiger partial charge in [-0.25, -0.2) is 0 Å². The maximum Gasteiger partial charge on any atom is 0.220 e. The van der Waals surface area contributed by atoms with Crippen molar-refractivity contribution in [1.29, 1.82) is 0 Å². The van der Waals surface area contributed by atoms with Gasteiger partial charge >= 0.3 is 0 Å². The van der Waals surface area contributed by atoms with Gasteiger partial charge in [-0.3, -0.25) is 4.79 Å². The quantitative estimate of drug-likeness (QED) is 0.565. The topological polar surface area (TPSA) is 29.1 Å². The normalized spacial score (nSPS) is 11.9. The van der Waals surface area contributed by atoms with Crippen LogP contribution in [-0.4, -0.2) is 12.5 Å². The number of hydrogen-bond donors (Lipinski definition) is 1. The summed E-state index contributed by atoms with van der Waals surface area (Å²) in [6.45, 7) is 2.78. The van der Waals surface area contributed by atoms with Crippen molar-refractivity contribution in [3.63, 3.8) is 0 Å². The van der Waals surface area contributed by atoms with Crippen molar-refractivity contribution in [2.45, 2.75) is 31.6 Å². The molecule has 0 aliphatic carbocycles. The van der Waals surface area contributed by atoms with Crippen molar-refractivity contribution in [2.24, 2.45) is 0 Å². The first-order chi connectivity index (χ1) is 13.2. The van der Waals surface area contributed by atoms with Gasteiger partial charge in [-0.05, 0) is 29.0 Å². The number of carbonyl (C=O) groups excluding carboxylic acids is 1. The Bertz CT molecular complexity index is 775. The molecule has 1 N–H and O–H groups in total. The van der Waals surface area contributed by atoms with E-state index in [0.29, 0.717) is 18.9 Å². The predicted molar refractivity (Wildman–Crippen MR) is 112 cm³/mol. The van der Waals surface area contributed by atoms with Gasteiger partial charge in [0, 0.05) is 18.9 Å². The molecule has 0 unspecified atom stereocenters. The highest BCUT2D eigenvalue weighted by Crippen LogP contribution is 2.27. The molecule has 2 heteroatoms. The molecule has 0 aliphatic rings. The first-order valence-corrected chi connectivity index (χ1v) is 9.65. The zero-order valence-corrected chi connectivity index (χ0v) is 15.8. The highest BCUT2D eigenvalue weighted by Gasteiger charge is 2.15. The van der Waals surface area contributed by atoms with Crippen molar-refractivity contribution in [2.75, 3.05) is 6.54 Å². The molecule has 27 heavy (non-hydrogen) atoms. The van der Waals surface area contributed by atoms with E-state index in [-0.39, 0.29) is 11.8 Å². The van der Waals surface area contributed by atoms with E-state index in [1.807, 2.05) is 30.3 Å². The van der Waals surface area contributed by atoms with Crippen molar-refractivity contribution in [1.82, 2.24) is 5.32 Å². The molecule has 3 aromatic carbocycles. The van der Waals surface area contributed by atoms with Crippen molar-refractivity contribution in [3.8, 4) is 0 Å². The summed E-state index contributed by atoms with van der Waals surface area (Å²) in [4.78, 5) is 12.4. The van der Waals surface area contributed by atoms with Crippen LogP contribution in [0.4, 0.5) is 0 Å². The van der Waals surface area contributed by atoms with Gasteiger partial charge in [-0.1, -0.05) is 97.9 Å². The van der Waals surface area contributed by atoms with E-state index in [2.05, 4.69) is 72.9 Å². The molecule has 138 valence electrons. The zero-order valence-electron chi connectivity index (χ0n) is 15.8. The molecule has 0 saturated carbocycles. The van der Waals surface area contributed by atoms with Gasteiger partial charge < -0.3 is 5.32 Å². The lowest BCUT2D eigenvalue weighted by Gasteiger charge is -2.19. The van der Waals surface area contributed by atoms with Crippen LogP contribution in [0.3, 0.4) is 0 Å². The van der Waals surface area contributed by atoms with Gasteiger partial charge in [0.2, 0.25) is 5.91 Å². The molecule has 3 rings (SSSR count). The van der Waals surface area contributed by atoms with Gasteiger partial charge in [0.25, 0.3) is 0 Å². The summed E-state index contributed by atoms with van der Waals surface area (Å²) in [5, 5.41) is 3.11. The molecule has 2 nitrogen and oxygen atoms in total. The Morgan fingerprint density at radius 2 is 1.19 bits per heavy atom. The van der Waals surface area contributed by atoms with Crippen LogP contribution in [0.2, 0.25) is 0 Å². The summed E-state index contributed by atoms with van der Waals surface area (Å²) in [5.41, 5.74) is 3.78. The summed E-state index contributed by atoms with van der Waals surface area (Å²) in [6.07, 6.45) is 1.41. The third kappa shape index (κ3) is 5.55. The zero-order chi connectivity index (χ0) is 18.9. The lowest BCUT2D eigenvalue weighted by molar-refractivity contribution is -0.121. The minimum Gasteiger partial charge on any atom is -0.356 e. The van der Waals surface area contributed by atoms with Crippen LogP contribution in [0.1, 0.15) is 48.3 Å². The fourth-order valence-corrected chi connectivity index (χ4v) is 3.50. The van der Waals surface area contributed by atoms with E-state index < -0.39 is 0 Å². The van der Waals surface area contributed by atoms with Crippen LogP contribution in [0.15, 0.2) is 91.0 Å². The Hall–Kier alpha value is -2.87. The molecule has 0 spiro atoms. The monoisotopic (exact) mass is 357 g/mol. The molecular weight excluding hydrogens is 330 g/mol. The maximum atomic E-state index is 12.4. The van der Waals surface area contributed by atoms with Crippen LogP contribution in [0, 0.1) is 0 Å². The van der Waals surface area contributed by atoms with Gasteiger partial charge in [0.15, 0.2) is 0 Å². The molecule has 0 heterocycles. The average Bonchev–Trinajstić information content (AvgIpc) is 2.73. The van der Waals surface area contributed by atoms with Gasteiger partial charge in [-0.2, -0.15) is 0 Å². The van der Waals surface area contributed by atoms with E-state index in [1.54, 1.807) is 0 Å². The van der Waals surface area contributed by atoms with Crippen LogP contribution in [0.25, 0.3) is 0 Å². The standard InChI is InChI=1S/C25H27NO/c1-20(21-11-5-2-6-12-21)19-25(27)26-18-17-24(22-13-7-3-8-14-22)23-15-9-4-10-16-23/h2-16,20,24H,17-19H2,1H3,(H,26,27)/t20-/m1/s1. The second-order valence-electron chi connectivity index (χ2n) is 7.03. The lowest BCUT2D eigenvalue weighted by atomic mass is 9.88. The number of amides is 1. The Balaban J connectivity index is 1.57. The first kappa shape index (κ1) is 18.9. The molecule has 1 atom stereocenters. The molecule has 0 bridgehead atoms. The highest BCUT2D eigenvalue weighted by atomic mass is 16.1. The molecule has 0 aromatic heterocycles. The molecule has 1 amide bonds. The fourth-order valence-electron chi connectivity index (χ4n) is 3.50. The summed E-state index contributed by atoms with van der Waals surface area (Å²) in [7, 11) is 0. The van der Waals surface area contributed by atoms with E-state index in [1.165, 1.54) is 16.7 Å². The number of hydrogen-bond acceptors (Lipinski definition) is 1. The third-order valence-electron chi connectivity index (χ3n) is 5.02. The van der Waals surface area contributed by atoms with Crippen molar-refractivity contribution in [3.05, 3.63) is 108 Å². The summed E-state index contributed by atoms with van der Waals surface area (Å²) < 4.78 is 0. The fraction of sp³-hybridized carbons (Fsp3) is 0.240. The third-order valence-corrected chi connectivity index (χ3v) is 5.02. The van der Waals surface area contributed by atoms with Crippen molar-refractivity contribution >= 4 is 5.91 Å². The smallest absolute Gasteiger partial charge is 0.220 e. The minimum atomic E-state index is 0.117. The minimum absolute atomic E-state index is 0.117. The van der Waals surface area contributed by atoms with Gasteiger partial charge in [0.05, 0.1) is 0 Å². The first-order valence-electron chi connectivity index (χ1n) is 9.65. The number of carbonyl (C=O) groups is 1. The van der Waals surface area contributed by atoms with E-state index in [4.69, 9.17) is 0 Å². The Morgan fingerprint density at radius 3 is 1.67 bits per heavy atom. The Morgan fingerprint density at radius 1 is 0.741 bits per heavy atom. The van der Waals surface area contributed by atoms with E-state index >= 15 is 0 Å². The van der Waals surface area contributed by atoms with Gasteiger partial charge in [0.1, 0.15) is 0 Å². The van der Waals surface area contributed by atoms with Crippen molar-refractivity contribution < 1.29 is 4.79 Å². The number of benzene rings is 3. The number of rotatable bonds is 8. The van der Waals surface area contributed by atoms with Gasteiger partial charge in [-0.15, -0.1) is 0 Å². The number of nitrogens with one attached hydrogen (secondary N) is 1. The maximum absolute atomic E-state index is 12.4. The van der Waals surface area contributed by atoms with Crippen LogP contribution in [0.5, 0.6) is 0 Å². The highest BCUT2D eigenvalue weighted by molar-refractivity contribution is 5.76. The molecule has 3 aromatic rings. The second kappa shape index (κ2) is 9.72. The molecule has 0 fully saturated rings. The van der Waals surface area contributed by atoms with E-state index in [0.717, 1.165) is 6.42 Å². The van der Waals surface area contributed by atoms with Crippen LogP contribution < -0.4 is 5.32 Å². The second-order valence-corrected chi connectivity index (χ2v) is 7.03. The summed E-state index contributed by atoms with van der Waals surface area (Å²) in [6, 6.07) is 31.2. The van der Waals surface area contributed by atoms with E-state index in [9.17, 15) is 4.79 Å². The van der Waals surface area contributed by atoms with Crippen LogP contribution in [-0.2, 0) is 4.79 Å². The Labute approximate surface area is 162 Å².